The summed E-state index contributed by atoms with van der Waals surface area (Å²) in [6.45, 7) is 2.22. The molecule has 1 heterocycles. The fourth-order valence-corrected chi connectivity index (χ4v) is 3.37. The maximum absolute atomic E-state index is 12.8. The Hall–Kier alpha value is -3.08. The summed E-state index contributed by atoms with van der Waals surface area (Å²) in [5.41, 5.74) is 3.83. The summed E-state index contributed by atoms with van der Waals surface area (Å²) >= 11 is 12.0. The van der Waals surface area contributed by atoms with Crippen LogP contribution in [0.4, 0.5) is 5.69 Å². The number of anilines is 1. The minimum absolute atomic E-state index is 0.140. The highest BCUT2D eigenvalue weighted by molar-refractivity contribution is 6.42. The molecule has 0 saturated heterocycles. The molecule has 150 valence electrons. The molecule has 0 fully saturated rings. The van der Waals surface area contributed by atoms with Crippen LogP contribution in [-0.4, -0.2) is 11.6 Å². The van der Waals surface area contributed by atoms with Crippen LogP contribution in [0.3, 0.4) is 0 Å². The summed E-state index contributed by atoms with van der Waals surface area (Å²) < 4.78 is 5.81. The predicted molar refractivity (Wildman–Crippen MR) is 122 cm³/mol. The third-order valence-electron chi connectivity index (χ3n) is 4.64. The Morgan fingerprint density at radius 2 is 1.70 bits per heavy atom. The van der Waals surface area contributed by atoms with E-state index in [2.05, 4.69) is 5.10 Å². The van der Waals surface area contributed by atoms with Gasteiger partial charge in [-0.3, -0.25) is 4.79 Å². The van der Waals surface area contributed by atoms with Gasteiger partial charge >= 0.3 is 0 Å². The molecule has 1 amide bonds. The summed E-state index contributed by atoms with van der Waals surface area (Å²) in [6.07, 6.45) is 1.84. The first-order valence-corrected chi connectivity index (χ1v) is 10.1. The number of benzene rings is 3. The first-order chi connectivity index (χ1) is 14.5. The highest BCUT2D eigenvalue weighted by Crippen LogP contribution is 2.26. The van der Waals surface area contributed by atoms with E-state index < -0.39 is 0 Å². The van der Waals surface area contributed by atoms with Gasteiger partial charge in [-0.25, -0.2) is 0 Å². The molecule has 0 bridgehead atoms. The maximum atomic E-state index is 12.8. The lowest BCUT2D eigenvalue weighted by atomic mass is 10.1. The Labute approximate surface area is 185 Å². The zero-order valence-corrected chi connectivity index (χ0v) is 17.7. The zero-order valence-electron chi connectivity index (χ0n) is 16.2. The summed E-state index contributed by atoms with van der Waals surface area (Å²) in [5.74, 6) is 0.580. The normalized spacial score (nSPS) is 14.9. The molecule has 0 aromatic heterocycles. The largest absolute Gasteiger partial charge is 0.489 e. The Bertz CT molecular complexity index is 1140. The van der Waals surface area contributed by atoms with Crippen molar-refractivity contribution in [3.8, 4) is 5.75 Å². The van der Waals surface area contributed by atoms with Gasteiger partial charge in [0.1, 0.15) is 12.4 Å². The smallest absolute Gasteiger partial charge is 0.280 e. The summed E-state index contributed by atoms with van der Waals surface area (Å²) in [5, 5.41) is 6.84. The number of carbonyl (C=O) groups excluding carboxylic acids is 1. The van der Waals surface area contributed by atoms with Crippen molar-refractivity contribution in [3.63, 3.8) is 0 Å². The molecule has 0 saturated carbocycles. The van der Waals surface area contributed by atoms with Gasteiger partial charge in [-0.15, -0.1) is 0 Å². The Kier molecular flexibility index (Phi) is 5.88. The van der Waals surface area contributed by atoms with Crippen LogP contribution in [0.15, 0.2) is 83.5 Å². The van der Waals surface area contributed by atoms with Gasteiger partial charge in [-0.1, -0.05) is 59.6 Å². The van der Waals surface area contributed by atoms with Crippen LogP contribution < -0.4 is 9.75 Å². The number of nitrogens with zero attached hydrogens (tertiary/aromatic N) is 2. The molecular formula is C24H18Cl2N2O2. The lowest BCUT2D eigenvalue weighted by Crippen LogP contribution is -2.21. The molecule has 4 rings (SSSR count). The quantitative estimate of drug-likeness (QED) is 0.435. The topological polar surface area (TPSA) is 41.9 Å². The average molecular weight is 437 g/mol. The van der Waals surface area contributed by atoms with Crippen LogP contribution in [0.2, 0.25) is 10.0 Å². The zero-order chi connectivity index (χ0) is 21.1. The second-order valence-corrected chi connectivity index (χ2v) is 7.62. The van der Waals surface area contributed by atoms with Crippen LogP contribution >= 0.6 is 23.2 Å². The number of para-hydroxylation sites is 1. The lowest BCUT2D eigenvalue weighted by Gasteiger charge is -2.11. The molecule has 0 unspecified atom stereocenters. The number of amides is 1. The van der Waals surface area contributed by atoms with Gasteiger partial charge in [0.2, 0.25) is 0 Å². The number of carbonyl (C=O) groups is 1. The molecule has 30 heavy (non-hydrogen) atoms. The Balaban J connectivity index is 1.45. The molecule has 0 spiro atoms. The fraction of sp³-hybridized carbons (Fsp3) is 0.0833. The molecule has 3 aromatic rings. The van der Waals surface area contributed by atoms with Crippen molar-refractivity contribution in [1.82, 2.24) is 0 Å². The van der Waals surface area contributed by atoms with Gasteiger partial charge in [0, 0.05) is 0 Å². The summed E-state index contributed by atoms with van der Waals surface area (Å²) in [7, 11) is 0. The molecule has 1 aliphatic rings. The minimum Gasteiger partial charge on any atom is -0.489 e. The second-order valence-electron chi connectivity index (χ2n) is 6.80. The highest BCUT2D eigenvalue weighted by atomic mass is 35.5. The van der Waals surface area contributed by atoms with E-state index in [0.717, 1.165) is 22.6 Å². The van der Waals surface area contributed by atoms with Gasteiger partial charge < -0.3 is 4.74 Å². The predicted octanol–water partition coefficient (Wildman–Crippen LogP) is 6.38. The monoisotopic (exact) mass is 436 g/mol. The molecule has 0 aliphatic carbocycles. The molecule has 6 heteroatoms. The molecule has 0 N–H and O–H groups in total. The molecule has 1 aliphatic heterocycles. The standard InChI is InChI=1S/C24H18Cl2N2O2/c1-16-21(24(29)28(27-16)19-5-3-2-4-6-19)13-17-7-10-20(11-8-17)30-15-18-9-12-22(25)23(26)14-18/h2-14H,15H2,1H3/b21-13+. The fourth-order valence-electron chi connectivity index (χ4n) is 3.05. The highest BCUT2D eigenvalue weighted by Gasteiger charge is 2.28. The minimum atomic E-state index is -0.140. The van der Waals surface area contributed by atoms with Gasteiger partial charge in [-0.05, 0) is 60.5 Å². The Morgan fingerprint density at radius 3 is 2.40 bits per heavy atom. The number of halogens is 2. The van der Waals surface area contributed by atoms with Crippen molar-refractivity contribution in [3.05, 3.63) is 99.5 Å². The number of ether oxygens (including phenoxy) is 1. The summed E-state index contributed by atoms with van der Waals surface area (Å²) in [6, 6.07) is 22.3. The van der Waals surface area contributed by atoms with Crippen LogP contribution in [0.1, 0.15) is 18.1 Å². The van der Waals surface area contributed by atoms with E-state index in [4.69, 9.17) is 27.9 Å². The molecule has 3 aromatic carbocycles. The second kappa shape index (κ2) is 8.74. The summed E-state index contributed by atoms with van der Waals surface area (Å²) in [4.78, 5) is 12.8. The van der Waals surface area contributed by atoms with Crippen molar-refractivity contribution >= 4 is 46.6 Å². The van der Waals surface area contributed by atoms with Gasteiger partial charge in [-0.2, -0.15) is 10.1 Å². The van der Waals surface area contributed by atoms with E-state index in [-0.39, 0.29) is 5.91 Å². The molecule has 0 radical (unpaired) electrons. The van der Waals surface area contributed by atoms with E-state index in [9.17, 15) is 4.79 Å². The van der Waals surface area contributed by atoms with Crippen molar-refractivity contribution in [2.24, 2.45) is 5.10 Å². The Morgan fingerprint density at radius 1 is 0.967 bits per heavy atom. The SMILES string of the molecule is CC1=NN(c2ccccc2)C(=O)/C1=C/c1ccc(OCc2ccc(Cl)c(Cl)c2)cc1. The van der Waals surface area contributed by atoms with E-state index in [0.29, 0.717) is 27.9 Å². The van der Waals surface area contributed by atoms with Gasteiger partial charge in [0.25, 0.3) is 5.91 Å². The number of hydrogen-bond acceptors (Lipinski definition) is 3. The van der Waals surface area contributed by atoms with Crippen LogP contribution in [-0.2, 0) is 11.4 Å². The first kappa shape index (κ1) is 20.2. The van der Waals surface area contributed by atoms with E-state index >= 15 is 0 Å². The van der Waals surface area contributed by atoms with Gasteiger partial charge in [0.15, 0.2) is 0 Å². The van der Waals surface area contributed by atoms with Crippen molar-refractivity contribution in [1.29, 1.82) is 0 Å². The lowest BCUT2D eigenvalue weighted by molar-refractivity contribution is -0.114. The van der Waals surface area contributed by atoms with Crippen molar-refractivity contribution in [2.45, 2.75) is 13.5 Å². The van der Waals surface area contributed by atoms with Crippen LogP contribution in [0.25, 0.3) is 6.08 Å². The van der Waals surface area contributed by atoms with E-state index in [1.165, 1.54) is 5.01 Å². The first-order valence-electron chi connectivity index (χ1n) is 9.35. The third-order valence-corrected chi connectivity index (χ3v) is 5.38. The van der Waals surface area contributed by atoms with E-state index in [1.54, 1.807) is 12.1 Å². The third kappa shape index (κ3) is 4.40. The van der Waals surface area contributed by atoms with Crippen molar-refractivity contribution < 1.29 is 9.53 Å². The maximum Gasteiger partial charge on any atom is 0.280 e. The molecular weight excluding hydrogens is 419 g/mol. The molecule has 4 nitrogen and oxygen atoms in total. The number of hydrazone groups is 1. The van der Waals surface area contributed by atoms with Crippen molar-refractivity contribution in [2.75, 3.05) is 5.01 Å². The van der Waals surface area contributed by atoms with Crippen LogP contribution in [0.5, 0.6) is 5.75 Å². The van der Waals surface area contributed by atoms with Gasteiger partial charge in [0.05, 0.1) is 27.0 Å². The molecule has 0 atom stereocenters. The van der Waals surface area contributed by atoms with E-state index in [1.807, 2.05) is 73.7 Å². The van der Waals surface area contributed by atoms with Crippen LogP contribution in [0, 0.1) is 0 Å². The number of hydrogen-bond donors (Lipinski definition) is 0. The number of rotatable bonds is 5. The average Bonchev–Trinajstić information content (AvgIpc) is 3.04.